The van der Waals surface area contributed by atoms with E-state index >= 15 is 0 Å². The summed E-state index contributed by atoms with van der Waals surface area (Å²) < 4.78 is 0. The Morgan fingerprint density at radius 3 is 2.86 bits per heavy atom. The lowest BCUT2D eigenvalue weighted by molar-refractivity contribution is -0.118. The molecule has 0 saturated carbocycles. The Labute approximate surface area is 134 Å². The average molecular weight is 303 g/mol. The van der Waals surface area contributed by atoms with Crippen LogP contribution in [0, 0.1) is 5.92 Å². The molecule has 122 valence electrons. The van der Waals surface area contributed by atoms with Crippen LogP contribution < -0.4 is 4.90 Å². The summed E-state index contributed by atoms with van der Waals surface area (Å²) in [5, 5.41) is 0. The van der Waals surface area contributed by atoms with Crippen LogP contribution in [-0.2, 0) is 4.79 Å². The average Bonchev–Trinajstić information content (AvgIpc) is 2.53. The van der Waals surface area contributed by atoms with Crippen LogP contribution in [0.4, 0.5) is 5.82 Å². The summed E-state index contributed by atoms with van der Waals surface area (Å²) in [7, 11) is 0. The first-order valence-corrected chi connectivity index (χ1v) is 8.51. The Morgan fingerprint density at radius 2 is 2.23 bits per heavy atom. The van der Waals surface area contributed by atoms with Crippen LogP contribution in [0.3, 0.4) is 0 Å². The largest absolute Gasteiger partial charge is 0.298 e. The smallest absolute Gasteiger partial charge is 0.228 e. The molecule has 1 aliphatic heterocycles. The Balaban J connectivity index is 2.12. The second kappa shape index (κ2) is 7.73. The van der Waals surface area contributed by atoms with Crippen molar-refractivity contribution < 1.29 is 4.79 Å². The molecule has 4 heteroatoms. The molecule has 1 aliphatic rings. The highest BCUT2D eigenvalue weighted by atomic mass is 16.2. The predicted octanol–water partition coefficient (Wildman–Crippen LogP) is 3.33. The van der Waals surface area contributed by atoms with Gasteiger partial charge in [-0.3, -0.25) is 14.6 Å². The van der Waals surface area contributed by atoms with Crippen LogP contribution in [0.5, 0.6) is 0 Å². The van der Waals surface area contributed by atoms with Gasteiger partial charge in [-0.25, -0.2) is 4.98 Å². The summed E-state index contributed by atoms with van der Waals surface area (Å²) in [5.41, 5.74) is 0. The molecule has 2 heterocycles. The van der Waals surface area contributed by atoms with E-state index in [-0.39, 0.29) is 11.9 Å². The van der Waals surface area contributed by atoms with Crippen molar-refractivity contribution in [2.24, 2.45) is 5.92 Å². The van der Waals surface area contributed by atoms with Crippen molar-refractivity contribution in [2.45, 2.75) is 59.0 Å². The number of anilines is 1. The van der Waals surface area contributed by atoms with Gasteiger partial charge in [0.1, 0.15) is 5.82 Å². The van der Waals surface area contributed by atoms with Gasteiger partial charge in [0.25, 0.3) is 0 Å². The first-order valence-electron chi connectivity index (χ1n) is 8.51. The molecule has 0 bridgehead atoms. The van der Waals surface area contributed by atoms with E-state index in [1.54, 1.807) is 6.20 Å². The van der Waals surface area contributed by atoms with E-state index in [1.807, 2.05) is 30.0 Å². The van der Waals surface area contributed by atoms with Gasteiger partial charge in [-0.2, -0.15) is 0 Å². The zero-order valence-electron chi connectivity index (χ0n) is 14.3. The maximum absolute atomic E-state index is 12.4. The lowest BCUT2D eigenvalue weighted by Gasteiger charge is -2.41. The second-order valence-corrected chi connectivity index (χ2v) is 6.51. The Hall–Kier alpha value is -1.42. The number of rotatable bonds is 5. The number of hydrogen-bond donors (Lipinski definition) is 0. The molecule has 2 rings (SSSR count). The molecule has 1 aromatic heterocycles. The van der Waals surface area contributed by atoms with Crippen molar-refractivity contribution in [2.75, 3.05) is 18.0 Å². The highest BCUT2D eigenvalue weighted by Gasteiger charge is 2.29. The van der Waals surface area contributed by atoms with Crippen molar-refractivity contribution in [1.82, 2.24) is 9.88 Å². The van der Waals surface area contributed by atoms with Crippen LogP contribution in [-0.4, -0.2) is 41.0 Å². The quantitative estimate of drug-likeness (QED) is 0.837. The third kappa shape index (κ3) is 3.86. The van der Waals surface area contributed by atoms with E-state index in [4.69, 9.17) is 0 Å². The van der Waals surface area contributed by atoms with E-state index in [0.717, 1.165) is 24.8 Å². The van der Waals surface area contributed by atoms with Gasteiger partial charge in [0, 0.05) is 31.2 Å². The molecule has 22 heavy (non-hydrogen) atoms. The van der Waals surface area contributed by atoms with Crippen molar-refractivity contribution in [3.05, 3.63) is 24.4 Å². The molecule has 3 unspecified atom stereocenters. The molecular weight excluding hydrogens is 274 g/mol. The summed E-state index contributed by atoms with van der Waals surface area (Å²) in [6.45, 7) is 10.7. The zero-order chi connectivity index (χ0) is 16.1. The van der Waals surface area contributed by atoms with Crippen LogP contribution in [0.15, 0.2) is 24.4 Å². The van der Waals surface area contributed by atoms with E-state index in [1.165, 1.54) is 12.8 Å². The van der Waals surface area contributed by atoms with E-state index in [0.29, 0.717) is 12.5 Å². The highest BCUT2D eigenvalue weighted by Crippen LogP contribution is 2.24. The fourth-order valence-corrected chi connectivity index (χ4v) is 3.37. The maximum Gasteiger partial charge on any atom is 0.228 e. The number of pyridine rings is 1. The highest BCUT2D eigenvalue weighted by molar-refractivity contribution is 5.92. The summed E-state index contributed by atoms with van der Waals surface area (Å²) in [6, 6.07) is 6.47. The topological polar surface area (TPSA) is 36.4 Å². The van der Waals surface area contributed by atoms with Crippen molar-refractivity contribution in [1.29, 1.82) is 0 Å². The normalized spacial score (nSPS) is 24.0. The minimum Gasteiger partial charge on any atom is -0.298 e. The van der Waals surface area contributed by atoms with Crippen LogP contribution >= 0.6 is 0 Å². The van der Waals surface area contributed by atoms with Gasteiger partial charge >= 0.3 is 0 Å². The van der Waals surface area contributed by atoms with E-state index in [9.17, 15) is 4.79 Å². The SMILES string of the molecule is CCC(=O)N(c1ccccn1)C(C)CN1CCCC(C)C1C. The number of carbonyl (C=O) groups is 1. The molecular formula is C18H29N3O. The molecule has 0 aromatic carbocycles. The standard InChI is InChI=1S/C18H29N3O/c1-5-18(22)21(17-10-6-7-11-19-17)15(3)13-20-12-8-9-14(2)16(20)4/h6-7,10-11,14-16H,5,8-9,12-13H2,1-4H3. The van der Waals surface area contributed by atoms with Gasteiger partial charge in [0.05, 0.1) is 0 Å². The zero-order valence-corrected chi connectivity index (χ0v) is 14.3. The number of piperidine rings is 1. The van der Waals surface area contributed by atoms with E-state index < -0.39 is 0 Å². The lowest BCUT2D eigenvalue weighted by atomic mass is 9.91. The number of hydrogen-bond acceptors (Lipinski definition) is 3. The number of carbonyl (C=O) groups excluding carboxylic acids is 1. The Bertz CT molecular complexity index is 476. The molecule has 0 N–H and O–H groups in total. The summed E-state index contributed by atoms with van der Waals surface area (Å²) in [5.74, 6) is 1.63. The first-order chi connectivity index (χ1) is 10.5. The number of aromatic nitrogens is 1. The molecule has 3 atom stereocenters. The number of amides is 1. The molecule has 0 spiro atoms. The molecule has 1 aromatic rings. The summed E-state index contributed by atoms with van der Waals surface area (Å²) >= 11 is 0. The fourth-order valence-electron chi connectivity index (χ4n) is 3.37. The molecule has 0 radical (unpaired) electrons. The van der Waals surface area contributed by atoms with Gasteiger partial charge < -0.3 is 0 Å². The third-order valence-electron chi connectivity index (χ3n) is 4.91. The van der Waals surface area contributed by atoms with E-state index in [2.05, 4.69) is 30.7 Å². The summed E-state index contributed by atoms with van der Waals surface area (Å²) in [4.78, 5) is 21.2. The summed E-state index contributed by atoms with van der Waals surface area (Å²) in [6.07, 6.45) is 4.82. The van der Waals surface area contributed by atoms with Gasteiger partial charge in [-0.05, 0) is 51.3 Å². The van der Waals surface area contributed by atoms with Gasteiger partial charge in [-0.1, -0.05) is 19.9 Å². The van der Waals surface area contributed by atoms with Crippen molar-refractivity contribution >= 4 is 11.7 Å². The van der Waals surface area contributed by atoms with Crippen molar-refractivity contribution in [3.8, 4) is 0 Å². The second-order valence-electron chi connectivity index (χ2n) is 6.51. The van der Waals surface area contributed by atoms with Gasteiger partial charge in [0.15, 0.2) is 0 Å². The van der Waals surface area contributed by atoms with Crippen LogP contribution in [0.2, 0.25) is 0 Å². The number of likely N-dealkylation sites (tertiary alicyclic amines) is 1. The first kappa shape index (κ1) is 16.9. The monoisotopic (exact) mass is 303 g/mol. The molecule has 1 fully saturated rings. The van der Waals surface area contributed by atoms with Gasteiger partial charge in [0.2, 0.25) is 5.91 Å². The number of nitrogens with zero attached hydrogens (tertiary/aromatic N) is 3. The predicted molar refractivity (Wildman–Crippen MR) is 90.9 cm³/mol. The Morgan fingerprint density at radius 1 is 1.45 bits per heavy atom. The van der Waals surface area contributed by atoms with Crippen molar-refractivity contribution in [3.63, 3.8) is 0 Å². The Kier molecular flexibility index (Phi) is 5.95. The molecule has 1 saturated heterocycles. The minimum atomic E-state index is 0.134. The fraction of sp³-hybridized carbons (Fsp3) is 0.667. The molecule has 0 aliphatic carbocycles. The lowest BCUT2D eigenvalue weighted by Crippen LogP contribution is -2.51. The van der Waals surface area contributed by atoms with Crippen LogP contribution in [0.25, 0.3) is 0 Å². The third-order valence-corrected chi connectivity index (χ3v) is 4.91. The minimum absolute atomic E-state index is 0.134. The van der Waals surface area contributed by atoms with Gasteiger partial charge in [-0.15, -0.1) is 0 Å². The molecule has 1 amide bonds. The molecule has 4 nitrogen and oxygen atoms in total. The van der Waals surface area contributed by atoms with Crippen LogP contribution in [0.1, 0.15) is 47.0 Å². The maximum atomic E-state index is 12.4.